The number of carboxylic acid groups (broad SMARTS) is 2. The molecule has 0 saturated carbocycles. The van der Waals surface area contributed by atoms with Crippen LogP contribution in [0.15, 0.2) is 0 Å². The maximum Gasteiger partial charge on any atom is 0.322 e. The number of carbonyl (C=O) groups is 8. The lowest BCUT2D eigenvalue weighted by atomic mass is 10.1. The standard InChI is InChI=1S/C22H35N7O12/c23-11(3-4-17(34)35)19(38)25-6-15(32)24-7-16(33)29-5-1-2-14(29)22(41)28-13(10-31)21(40)27-12(9-30)20(39)26-8-18(36)37/h11-14,30-31H,1-10,23H2,(H,24,32)(H,25,38)(H,26,39)(H,27,40)(H,28,41)(H,34,35)(H,36,37)/t11-,12-,13-,14-/m0/s1. The highest BCUT2D eigenvalue weighted by Gasteiger charge is 2.36. The van der Waals surface area contributed by atoms with Crippen molar-refractivity contribution < 1.29 is 58.8 Å². The van der Waals surface area contributed by atoms with Gasteiger partial charge in [0.05, 0.1) is 32.3 Å². The maximum absolute atomic E-state index is 12.8. The number of aliphatic hydroxyl groups excluding tert-OH is 2. The van der Waals surface area contributed by atoms with Crippen LogP contribution in [0.3, 0.4) is 0 Å². The molecule has 4 atom stereocenters. The summed E-state index contributed by atoms with van der Waals surface area (Å²) in [5.74, 6) is -7.53. The summed E-state index contributed by atoms with van der Waals surface area (Å²) in [5, 5.41) is 46.9. The zero-order valence-electron chi connectivity index (χ0n) is 22.0. The lowest BCUT2D eigenvalue weighted by molar-refractivity contribution is -0.140. The van der Waals surface area contributed by atoms with Crippen LogP contribution in [0, 0.1) is 0 Å². The normalized spacial score (nSPS) is 16.5. The fourth-order valence-corrected chi connectivity index (χ4v) is 3.60. The van der Waals surface area contributed by atoms with E-state index in [-0.39, 0.29) is 25.8 Å². The van der Waals surface area contributed by atoms with Crippen molar-refractivity contribution in [3.05, 3.63) is 0 Å². The average Bonchev–Trinajstić information content (AvgIpc) is 3.43. The van der Waals surface area contributed by atoms with E-state index in [9.17, 15) is 48.6 Å². The number of carbonyl (C=O) groups excluding carboxylic acids is 6. The van der Waals surface area contributed by atoms with Gasteiger partial charge in [0.15, 0.2) is 0 Å². The lowest BCUT2D eigenvalue weighted by Gasteiger charge is -2.26. The van der Waals surface area contributed by atoms with Crippen molar-refractivity contribution in [2.24, 2.45) is 5.73 Å². The maximum atomic E-state index is 12.8. The molecule has 1 heterocycles. The first kappa shape index (κ1) is 34.7. The summed E-state index contributed by atoms with van der Waals surface area (Å²) in [6, 6.07) is -5.34. The zero-order valence-corrected chi connectivity index (χ0v) is 22.0. The van der Waals surface area contributed by atoms with Crippen molar-refractivity contribution in [3.8, 4) is 0 Å². The Labute approximate surface area is 233 Å². The van der Waals surface area contributed by atoms with E-state index in [1.54, 1.807) is 0 Å². The molecule has 1 aliphatic rings. The number of aliphatic carboxylic acids is 2. The predicted octanol–water partition coefficient (Wildman–Crippen LogP) is -6.44. The topological polar surface area (TPSA) is 307 Å². The quantitative estimate of drug-likeness (QED) is 0.0755. The number of likely N-dealkylation sites (tertiary alicyclic amines) is 1. The number of amides is 6. The number of hydrogen-bond donors (Lipinski definition) is 10. The van der Waals surface area contributed by atoms with Crippen LogP contribution in [-0.2, 0) is 38.4 Å². The molecule has 0 aromatic carbocycles. The minimum Gasteiger partial charge on any atom is -0.481 e. The Morgan fingerprint density at radius 2 is 1.39 bits per heavy atom. The van der Waals surface area contributed by atoms with Crippen LogP contribution < -0.4 is 32.3 Å². The van der Waals surface area contributed by atoms with Crippen molar-refractivity contribution in [2.45, 2.75) is 49.9 Å². The molecule has 6 amide bonds. The second-order valence-electron chi connectivity index (χ2n) is 8.88. The highest BCUT2D eigenvalue weighted by molar-refractivity contribution is 5.96. The minimum atomic E-state index is -1.58. The van der Waals surface area contributed by atoms with E-state index in [1.165, 1.54) is 0 Å². The van der Waals surface area contributed by atoms with Crippen molar-refractivity contribution in [1.82, 2.24) is 31.5 Å². The van der Waals surface area contributed by atoms with Crippen LogP contribution in [-0.4, -0.2) is 136 Å². The van der Waals surface area contributed by atoms with Crippen LogP contribution in [0.4, 0.5) is 0 Å². The van der Waals surface area contributed by atoms with Gasteiger partial charge in [-0.2, -0.15) is 0 Å². The van der Waals surface area contributed by atoms with E-state index < -0.39 is 104 Å². The first-order chi connectivity index (χ1) is 19.3. The molecule has 19 nitrogen and oxygen atoms in total. The van der Waals surface area contributed by atoms with Crippen molar-refractivity contribution in [3.63, 3.8) is 0 Å². The van der Waals surface area contributed by atoms with Crippen LogP contribution >= 0.6 is 0 Å². The second-order valence-corrected chi connectivity index (χ2v) is 8.88. The SMILES string of the molecule is N[C@@H](CCC(=O)O)C(=O)NCC(=O)NCC(=O)N1CCC[C@H]1C(=O)N[C@@H](CO)C(=O)N[C@@H](CO)C(=O)NCC(=O)O. The molecule has 0 aromatic rings. The average molecular weight is 590 g/mol. The van der Waals surface area contributed by atoms with E-state index in [0.717, 1.165) is 4.90 Å². The highest BCUT2D eigenvalue weighted by Crippen LogP contribution is 2.17. The Morgan fingerprint density at radius 1 is 0.780 bits per heavy atom. The van der Waals surface area contributed by atoms with E-state index in [2.05, 4.69) is 21.3 Å². The predicted molar refractivity (Wildman–Crippen MR) is 134 cm³/mol. The van der Waals surface area contributed by atoms with Gasteiger partial charge >= 0.3 is 11.9 Å². The number of hydrogen-bond acceptors (Lipinski definition) is 11. The van der Waals surface area contributed by atoms with Gasteiger partial charge in [-0.3, -0.25) is 38.4 Å². The summed E-state index contributed by atoms with van der Waals surface area (Å²) >= 11 is 0. The molecule has 1 saturated heterocycles. The van der Waals surface area contributed by atoms with Gasteiger partial charge in [0, 0.05) is 13.0 Å². The minimum absolute atomic E-state index is 0.136. The molecule has 0 aliphatic carbocycles. The van der Waals surface area contributed by atoms with Crippen LogP contribution in [0.5, 0.6) is 0 Å². The lowest BCUT2D eigenvalue weighted by Crippen LogP contribution is -2.58. The van der Waals surface area contributed by atoms with Gasteiger partial charge < -0.3 is 57.6 Å². The fourth-order valence-electron chi connectivity index (χ4n) is 3.60. The van der Waals surface area contributed by atoms with Crippen molar-refractivity contribution in [2.75, 3.05) is 39.4 Å². The Balaban J connectivity index is 2.60. The zero-order chi connectivity index (χ0) is 31.1. The molecular weight excluding hydrogens is 554 g/mol. The molecule has 1 fully saturated rings. The van der Waals surface area contributed by atoms with Crippen LogP contribution in [0.1, 0.15) is 25.7 Å². The summed E-state index contributed by atoms with van der Waals surface area (Å²) in [6.07, 6.45) is 0.141. The molecule has 0 bridgehead atoms. The molecule has 1 rings (SSSR count). The monoisotopic (exact) mass is 589 g/mol. The number of carboxylic acids is 2. The summed E-state index contributed by atoms with van der Waals surface area (Å²) in [7, 11) is 0. The molecule has 19 heteroatoms. The Hall–Kier alpha value is -4.36. The van der Waals surface area contributed by atoms with Gasteiger partial charge in [0.2, 0.25) is 35.4 Å². The van der Waals surface area contributed by atoms with Crippen LogP contribution in [0.2, 0.25) is 0 Å². The molecule has 230 valence electrons. The molecule has 0 spiro atoms. The highest BCUT2D eigenvalue weighted by atomic mass is 16.4. The van der Waals surface area contributed by atoms with E-state index in [4.69, 9.17) is 15.9 Å². The van der Waals surface area contributed by atoms with Crippen molar-refractivity contribution in [1.29, 1.82) is 0 Å². The van der Waals surface area contributed by atoms with Gasteiger partial charge in [0.25, 0.3) is 0 Å². The number of nitrogens with two attached hydrogens (primary N) is 1. The van der Waals surface area contributed by atoms with Crippen molar-refractivity contribution >= 4 is 47.4 Å². The summed E-state index contributed by atoms with van der Waals surface area (Å²) < 4.78 is 0. The van der Waals surface area contributed by atoms with E-state index >= 15 is 0 Å². The van der Waals surface area contributed by atoms with E-state index in [0.29, 0.717) is 6.42 Å². The van der Waals surface area contributed by atoms with Crippen LogP contribution in [0.25, 0.3) is 0 Å². The van der Waals surface area contributed by atoms with Gasteiger partial charge in [-0.1, -0.05) is 0 Å². The number of nitrogens with zero attached hydrogens (tertiary/aromatic N) is 1. The first-order valence-corrected chi connectivity index (χ1v) is 12.4. The number of aliphatic hydroxyl groups is 2. The van der Waals surface area contributed by atoms with E-state index in [1.807, 2.05) is 5.32 Å². The van der Waals surface area contributed by atoms with Gasteiger partial charge in [0.1, 0.15) is 24.7 Å². The third kappa shape index (κ3) is 12.1. The Kier molecular flexibility index (Phi) is 14.7. The summed E-state index contributed by atoms with van der Waals surface area (Å²) in [4.78, 5) is 95.9. The van der Waals surface area contributed by atoms with Gasteiger partial charge in [-0.05, 0) is 19.3 Å². The Morgan fingerprint density at radius 3 is 1.98 bits per heavy atom. The third-order valence-electron chi connectivity index (χ3n) is 5.79. The number of nitrogens with one attached hydrogen (secondary N) is 5. The van der Waals surface area contributed by atoms with Gasteiger partial charge in [-0.25, -0.2) is 0 Å². The third-order valence-corrected chi connectivity index (χ3v) is 5.79. The summed E-state index contributed by atoms with van der Waals surface area (Å²) in [6.45, 7) is -3.50. The fraction of sp³-hybridized carbons (Fsp3) is 0.636. The molecule has 0 unspecified atom stereocenters. The molecule has 11 N–H and O–H groups in total. The molecule has 1 aliphatic heterocycles. The molecular formula is C22H35N7O12. The summed E-state index contributed by atoms with van der Waals surface area (Å²) in [5.41, 5.74) is 5.53. The number of rotatable bonds is 17. The second kappa shape index (κ2) is 17.4. The molecule has 41 heavy (non-hydrogen) atoms. The smallest absolute Gasteiger partial charge is 0.322 e. The van der Waals surface area contributed by atoms with Gasteiger partial charge in [-0.15, -0.1) is 0 Å². The molecule has 0 radical (unpaired) electrons. The first-order valence-electron chi connectivity index (χ1n) is 12.4. The molecule has 0 aromatic heterocycles. The Bertz CT molecular complexity index is 1010. The largest absolute Gasteiger partial charge is 0.481 e.